The number of fused-ring (bicyclic) bond motifs is 1. The van der Waals surface area contributed by atoms with Crippen LogP contribution in [0.2, 0.25) is 0 Å². The van der Waals surface area contributed by atoms with Gasteiger partial charge in [-0.05, 0) is 35.9 Å². The lowest BCUT2D eigenvalue weighted by Crippen LogP contribution is -1.95. The van der Waals surface area contributed by atoms with E-state index in [2.05, 4.69) is 4.98 Å². The predicted octanol–water partition coefficient (Wildman–Crippen LogP) is 2.22. The third-order valence-electron chi connectivity index (χ3n) is 3.34. The Morgan fingerprint density at radius 3 is 2.81 bits per heavy atom. The number of rotatable bonds is 3. The van der Waals surface area contributed by atoms with Gasteiger partial charge in [0, 0.05) is 11.8 Å². The topological polar surface area (TPSA) is 72.8 Å². The van der Waals surface area contributed by atoms with Gasteiger partial charge in [-0.25, -0.2) is 9.37 Å². The molecule has 0 aliphatic heterocycles. The first kappa shape index (κ1) is 13.4. The van der Waals surface area contributed by atoms with Crippen LogP contribution in [-0.2, 0) is 6.61 Å². The van der Waals surface area contributed by atoms with Gasteiger partial charge in [0.2, 0.25) is 0 Å². The van der Waals surface area contributed by atoms with E-state index in [9.17, 15) is 4.39 Å². The van der Waals surface area contributed by atoms with Crippen molar-refractivity contribution in [1.82, 2.24) is 9.38 Å². The summed E-state index contributed by atoms with van der Waals surface area (Å²) in [5.41, 5.74) is 8.47. The average Bonchev–Trinajstić information content (AvgIpc) is 2.83. The predicted molar refractivity (Wildman–Crippen MR) is 77.5 cm³/mol. The molecule has 0 spiro atoms. The molecule has 3 N–H and O–H groups in total. The molecule has 6 heteroatoms. The highest BCUT2D eigenvalue weighted by molar-refractivity contribution is 5.75. The van der Waals surface area contributed by atoms with Crippen molar-refractivity contribution in [2.24, 2.45) is 0 Å². The number of nitrogen functional groups attached to an aromatic ring is 1. The van der Waals surface area contributed by atoms with Crippen LogP contribution in [-0.4, -0.2) is 21.6 Å². The third-order valence-corrected chi connectivity index (χ3v) is 3.34. The Labute approximate surface area is 120 Å². The highest BCUT2D eigenvalue weighted by atomic mass is 19.1. The fourth-order valence-corrected chi connectivity index (χ4v) is 2.23. The van der Waals surface area contributed by atoms with Gasteiger partial charge in [0.05, 0.1) is 13.7 Å². The number of aliphatic hydroxyl groups excluding tert-OH is 1. The number of ether oxygens (including phenoxy) is 1. The lowest BCUT2D eigenvalue weighted by molar-refractivity contribution is 0.282. The number of nitrogens with zero attached hydrogens (tertiary/aromatic N) is 2. The van der Waals surface area contributed by atoms with Crippen molar-refractivity contribution in [1.29, 1.82) is 0 Å². The SMILES string of the molecule is COc1ccc(-c2nc3cc(CO)ccn3c2N)cc1F. The number of pyridine rings is 1. The molecule has 2 aromatic heterocycles. The fraction of sp³-hybridized carbons (Fsp3) is 0.133. The lowest BCUT2D eigenvalue weighted by Gasteiger charge is -2.04. The maximum Gasteiger partial charge on any atom is 0.165 e. The molecule has 21 heavy (non-hydrogen) atoms. The number of nitrogens with two attached hydrogens (primary N) is 1. The number of aliphatic hydroxyl groups is 1. The quantitative estimate of drug-likeness (QED) is 0.774. The van der Waals surface area contributed by atoms with Gasteiger partial charge in [-0.2, -0.15) is 0 Å². The monoisotopic (exact) mass is 287 g/mol. The van der Waals surface area contributed by atoms with E-state index in [1.807, 2.05) is 0 Å². The second kappa shape index (κ2) is 5.06. The Hall–Kier alpha value is -2.60. The summed E-state index contributed by atoms with van der Waals surface area (Å²) in [5.74, 6) is 0.116. The molecule has 0 saturated carbocycles. The molecule has 0 aliphatic rings. The fourth-order valence-electron chi connectivity index (χ4n) is 2.23. The second-order valence-electron chi connectivity index (χ2n) is 4.62. The number of anilines is 1. The van der Waals surface area contributed by atoms with Crippen LogP contribution in [0.5, 0.6) is 5.75 Å². The molecule has 0 saturated heterocycles. The number of aromatic nitrogens is 2. The Bertz CT molecular complexity index is 814. The minimum atomic E-state index is -0.470. The van der Waals surface area contributed by atoms with Crippen molar-refractivity contribution in [3.05, 3.63) is 47.9 Å². The maximum absolute atomic E-state index is 13.8. The first-order valence-corrected chi connectivity index (χ1v) is 6.35. The van der Waals surface area contributed by atoms with Gasteiger partial charge in [0.1, 0.15) is 17.2 Å². The van der Waals surface area contributed by atoms with E-state index in [-0.39, 0.29) is 12.4 Å². The van der Waals surface area contributed by atoms with Crippen molar-refractivity contribution in [2.45, 2.75) is 6.61 Å². The lowest BCUT2D eigenvalue weighted by atomic mass is 10.1. The van der Waals surface area contributed by atoms with E-state index < -0.39 is 5.82 Å². The molecule has 1 aromatic carbocycles. The van der Waals surface area contributed by atoms with Gasteiger partial charge in [-0.3, -0.25) is 4.40 Å². The van der Waals surface area contributed by atoms with Gasteiger partial charge in [0.25, 0.3) is 0 Å². The van der Waals surface area contributed by atoms with Crippen LogP contribution in [0, 0.1) is 5.82 Å². The molecule has 0 unspecified atom stereocenters. The summed E-state index contributed by atoms with van der Waals surface area (Å²) in [6.07, 6.45) is 1.73. The normalized spacial score (nSPS) is 11.0. The molecule has 3 rings (SSSR count). The highest BCUT2D eigenvalue weighted by Gasteiger charge is 2.13. The van der Waals surface area contributed by atoms with Crippen molar-refractivity contribution in [2.75, 3.05) is 12.8 Å². The van der Waals surface area contributed by atoms with Gasteiger partial charge in [-0.1, -0.05) is 0 Å². The summed E-state index contributed by atoms with van der Waals surface area (Å²) in [6, 6.07) is 8.06. The van der Waals surface area contributed by atoms with Crippen molar-refractivity contribution in [3.63, 3.8) is 0 Å². The van der Waals surface area contributed by atoms with E-state index in [0.29, 0.717) is 22.7 Å². The molecular formula is C15H14FN3O2. The van der Waals surface area contributed by atoms with Crippen molar-refractivity contribution >= 4 is 11.5 Å². The molecule has 5 nitrogen and oxygen atoms in total. The van der Waals surface area contributed by atoms with Crippen molar-refractivity contribution < 1.29 is 14.2 Å². The number of methoxy groups -OCH3 is 1. The Morgan fingerprint density at radius 2 is 2.14 bits per heavy atom. The molecular weight excluding hydrogens is 273 g/mol. The molecule has 0 bridgehead atoms. The zero-order valence-corrected chi connectivity index (χ0v) is 11.4. The molecule has 0 fully saturated rings. The first-order chi connectivity index (χ1) is 10.1. The molecule has 0 aliphatic carbocycles. The van der Waals surface area contributed by atoms with Gasteiger partial charge in [0.15, 0.2) is 11.6 Å². The van der Waals surface area contributed by atoms with Gasteiger partial charge >= 0.3 is 0 Å². The van der Waals surface area contributed by atoms with Crippen LogP contribution >= 0.6 is 0 Å². The number of benzene rings is 1. The minimum absolute atomic E-state index is 0.0736. The van der Waals surface area contributed by atoms with Crippen LogP contribution in [0.15, 0.2) is 36.5 Å². The summed E-state index contributed by atoms with van der Waals surface area (Å²) in [5, 5.41) is 9.15. The van der Waals surface area contributed by atoms with E-state index in [1.54, 1.807) is 28.8 Å². The Balaban J connectivity index is 2.16. The molecule has 0 atom stereocenters. The summed E-state index contributed by atoms with van der Waals surface area (Å²) < 4.78 is 20.4. The van der Waals surface area contributed by atoms with Crippen LogP contribution in [0.25, 0.3) is 16.9 Å². The standard InChI is InChI=1S/C15H14FN3O2/c1-21-12-3-2-10(7-11(12)16)14-15(17)19-5-4-9(8-20)6-13(19)18-14/h2-7,20H,8,17H2,1H3. The summed E-state index contributed by atoms with van der Waals surface area (Å²) in [4.78, 5) is 4.41. The molecule has 0 radical (unpaired) electrons. The molecule has 3 aromatic rings. The van der Waals surface area contributed by atoms with Gasteiger partial charge < -0.3 is 15.6 Å². The van der Waals surface area contributed by atoms with Crippen LogP contribution in [0.1, 0.15) is 5.56 Å². The molecule has 0 amide bonds. The third kappa shape index (κ3) is 2.19. The largest absolute Gasteiger partial charge is 0.494 e. The second-order valence-corrected chi connectivity index (χ2v) is 4.62. The van der Waals surface area contributed by atoms with Crippen LogP contribution < -0.4 is 10.5 Å². The van der Waals surface area contributed by atoms with E-state index >= 15 is 0 Å². The van der Waals surface area contributed by atoms with Gasteiger partial charge in [-0.15, -0.1) is 0 Å². The number of hydrogen-bond acceptors (Lipinski definition) is 4. The van der Waals surface area contributed by atoms with Crippen molar-refractivity contribution in [3.8, 4) is 17.0 Å². The molecule has 2 heterocycles. The van der Waals surface area contributed by atoms with E-state index in [0.717, 1.165) is 5.56 Å². The molecule has 108 valence electrons. The number of hydrogen-bond donors (Lipinski definition) is 2. The number of halogens is 1. The average molecular weight is 287 g/mol. The summed E-state index contributed by atoms with van der Waals surface area (Å²) >= 11 is 0. The Morgan fingerprint density at radius 1 is 1.33 bits per heavy atom. The Kier molecular flexibility index (Phi) is 3.23. The minimum Gasteiger partial charge on any atom is -0.494 e. The summed E-state index contributed by atoms with van der Waals surface area (Å²) in [6.45, 7) is -0.0736. The van der Waals surface area contributed by atoms with Crippen LogP contribution in [0.3, 0.4) is 0 Å². The first-order valence-electron chi connectivity index (χ1n) is 6.35. The maximum atomic E-state index is 13.8. The van der Waals surface area contributed by atoms with E-state index in [4.69, 9.17) is 15.6 Å². The summed E-state index contributed by atoms with van der Waals surface area (Å²) in [7, 11) is 1.41. The number of imidazole rings is 1. The zero-order chi connectivity index (χ0) is 15.0. The highest BCUT2D eigenvalue weighted by Crippen LogP contribution is 2.29. The van der Waals surface area contributed by atoms with E-state index in [1.165, 1.54) is 19.2 Å². The smallest absolute Gasteiger partial charge is 0.165 e. The zero-order valence-electron chi connectivity index (χ0n) is 11.4. The van der Waals surface area contributed by atoms with Crippen LogP contribution in [0.4, 0.5) is 10.2 Å².